The molecule has 0 spiro atoms. The average Bonchev–Trinajstić information content (AvgIpc) is 2.15. The summed E-state index contributed by atoms with van der Waals surface area (Å²) in [6.45, 7) is 0.281. The van der Waals surface area contributed by atoms with Gasteiger partial charge in [-0.15, -0.1) is 0 Å². The zero-order valence-electron chi connectivity index (χ0n) is 6.88. The maximum Gasteiger partial charge on any atom is 0.193 e. The third-order valence-corrected chi connectivity index (χ3v) is 1.56. The Labute approximate surface area is 75.6 Å². The van der Waals surface area contributed by atoms with Crippen LogP contribution in [0.3, 0.4) is 0 Å². The number of nitrogens with two attached hydrogens (primary N) is 1. The number of hydrogen-bond donors (Lipinski definition) is 1. The monoisotopic (exact) mass is 177 g/mol. The second-order valence-corrected chi connectivity index (χ2v) is 2.39. The van der Waals surface area contributed by atoms with Crippen molar-refractivity contribution in [1.82, 2.24) is 0 Å². The van der Waals surface area contributed by atoms with Crippen molar-refractivity contribution in [2.24, 2.45) is 5.73 Å². The fraction of sp³-hybridized carbons (Fsp3) is 0.100. The van der Waals surface area contributed by atoms with Crippen molar-refractivity contribution in [3.8, 4) is 11.8 Å². The molecule has 0 aliphatic rings. The van der Waals surface area contributed by atoms with Gasteiger partial charge in [-0.2, -0.15) is 0 Å². The Morgan fingerprint density at radius 2 is 2.31 bits per heavy atom. The van der Waals surface area contributed by atoms with Crippen LogP contribution in [0.1, 0.15) is 11.1 Å². The van der Waals surface area contributed by atoms with Crippen LogP contribution in [0.25, 0.3) is 0 Å². The molecule has 2 N–H and O–H groups in total. The maximum absolute atomic E-state index is 12.7. The van der Waals surface area contributed by atoms with E-state index in [0.29, 0.717) is 11.8 Å². The Hall–Kier alpha value is -1.66. The summed E-state index contributed by atoms with van der Waals surface area (Å²) in [5.41, 5.74) is 6.59. The summed E-state index contributed by atoms with van der Waals surface area (Å²) in [5.74, 6) is 4.35. The van der Waals surface area contributed by atoms with Crippen LogP contribution in [-0.4, -0.2) is 6.29 Å². The Kier molecular flexibility index (Phi) is 3.18. The van der Waals surface area contributed by atoms with Gasteiger partial charge in [0.05, 0.1) is 0 Å². The van der Waals surface area contributed by atoms with Crippen molar-refractivity contribution in [2.75, 3.05) is 0 Å². The summed E-state index contributed by atoms with van der Waals surface area (Å²) in [4.78, 5) is 9.96. The van der Waals surface area contributed by atoms with Gasteiger partial charge < -0.3 is 5.73 Å². The molecular formula is C10H8FNO. The van der Waals surface area contributed by atoms with Crippen molar-refractivity contribution in [3.05, 3.63) is 35.1 Å². The van der Waals surface area contributed by atoms with Crippen LogP contribution in [0.2, 0.25) is 0 Å². The molecule has 66 valence electrons. The maximum atomic E-state index is 12.7. The van der Waals surface area contributed by atoms with Gasteiger partial charge >= 0.3 is 0 Å². The molecule has 1 aromatic rings. The van der Waals surface area contributed by atoms with Gasteiger partial charge in [0.25, 0.3) is 0 Å². The predicted molar refractivity (Wildman–Crippen MR) is 47.2 cm³/mol. The third kappa shape index (κ3) is 2.39. The Morgan fingerprint density at radius 3 is 2.92 bits per heavy atom. The SMILES string of the molecule is NCc1ccc(F)cc1C#CC=O. The van der Waals surface area contributed by atoms with Crippen LogP contribution in [0, 0.1) is 17.7 Å². The van der Waals surface area contributed by atoms with E-state index in [2.05, 4.69) is 11.8 Å². The Balaban J connectivity index is 3.15. The molecule has 3 heteroatoms. The molecule has 0 atom stereocenters. The fourth-order valence-electron chi connectivity index (χ4n) is 0.950. The van der Waals surface area contributed by atoms with Crippen molar-refractivity contribution >= 4 is 6.29 Å². The first-order valence-corrected chi connectivity index (χ1v) is 3.71. The highest BCUT2D eigenvalue weighted by molar-refractivity contribution is 5.74. The molecule has 0 aliphatic carbocycles. The van der Waals surface area contributed by atoms with Crippen LogP contribution in [0.15, 0.2) is 18.2 Å². The second-order valence-electron chi connectivity index (χ2n) is 2.39. The summed E-state index contributed by atoms with van der Waals surface area (Å²) >= 11 is 0. The van der Waals surface area contributed by atoms with Gasteiger partial charge in [-0.25, -0.2) is 4.39 Å². The first-order chi connectivity index (χ1) is 6.27. The average molecular weight is 177 g/mol. The molecule has 0 aliphatic heterocycles. The van der Waals surface area contributed by atoms with Crippen molar-refractivity contribution < 1.29 is 9.18 Å². The first kappa shape index (κ1) is 9.43. The van der Waals surface area contributed by atoms with Gasteiger partial charge in [0.2, 0.25) is 0 Å². The lowest BCUT2D eigenvalue weighted by molar-refractivity contribution is -0.103. The molecule has 0 unspecified atom stereocenters. The number of carbonyl (C=O) groups is 1. The quantitative estimate of drug-likeness (QED) is 0.510. The summed E-state index contributed by atoms with van der Waals surface area (Å²) in [5, 5.41) is 0. The zero-order valence-corrected chi connectivity index (χ0v) is 6.88. The molecule has 1 rings (SSSR count). The molecule has 0 heterocycles. The van der Waals surface area contributed by atoms with Gasteiger partial charge in [0.15, 0.2) is 6.29 Å². The molecule has 0 saturated carbocycles. The summed E-state index contributed by atoms with van der Waals surface area (Å²) in [6.07, 6.45) is 0.463. The highest BCUT2D eigenvalue weighted by Crippen LogP contribution is 2.09. The Morgan fingerprint density at radius 1 is 1.54 bits per heavy atom. The molecule has 13 heavy (non-hydrogen) atoms. The van der Waals surface area contributed by atoms with Crippen molar-refractivity contribution in [1.29, 1.82) is 0 Å². The normalized spacial score (nSPS) is 8.77. The molecule has 1 aromatic carbocycles. The van der Waals surface area contributed by atoms with Gasteiger partial charge in [-0.1, -0.05) is 12.0 Å². The molecule has 0 saturated heterocycles. The van der Waals surface area contributed by atoms with E-state index in [4.69, 9.17) is 5.73 Å². The fourth-order valence-corrected chi connectivity index (χ4v) is 0.950. The highest BCUT2D eigenvalue weighted by Gasteiger charge is 1.99. The lowest BCUT2D eigenvalue weighted by Gasteiger charge is -1.99. The molecule has 0 bridgehead atoms. The van der Waals surface area contributed by atoms with Gasteiger partial charge in [-0.3, -0.25) is 4.79 Å². The van der Waals surface area contributed by atoms with Gasteiger partial charge in [-0.05, 0) is 23.6 Å². The molecule has 0 amide bonds. The topological polar surface area (TPSA) is 43.1 Å². The van der Waals surface area contributed by atoms with Crippen LogP contribution < -0.4 is 5.73 Å². The summed E-state index contributed by atoms with van der Waals surface area (Å²) in [7, 11) is 0. The number of aldehydes is 1. The Bertz CT molecular complexity index is 376. The molecule has 0 fully saturated rings. The minimum Gasteiger partial charge on any atom is -0.326 e. The summed E-state index contributed by atoms with van der Waals surface area (Å²) in [6, 6.07) is 4.14. The van der Waals surface area contributed by atoms with Gasteiger partial charge in [0.1, 0.15) is 5.82 Å². The van der Waals surface area contributed by atoms with E-state index in [-0.39, 0.29) is 12.4 Å². The van der Waals surface area contributed by atoms with Crippen LogP contribution in [0.5, 0.6) is 0 Å². The summed E-state index contributed by atoms with van der Waals surface area (Å²) < 4.78 is 12.7. The van der Waals surface area contributed by atoms with Crippen molar-refractivity contribution in [2.45, 2.75) is 6.54 Å². The zero-order chi connectivity index (χ0) is 9.68. The minimum absolute atomic E-state index is 0.281. The van der Waals surface area contributed by atoms with E-state index < -0.39 is 0 Å². The van der Waals surface area contributed by atoms with E-state index in [1.165, 1.54) is 12.1 Å². The predicted octanol–water partition coefficient (Wildman–Crippen LogP) is 0.835. The van der Waals surface area contributed by atoms with Crippen LogP contribution in [0.4, 0.5) is 4.39 Å². The number of benzene rings is 1. The molecule has 2 nitrogen and oxygen atoms in total. The highest BCUT2D eigenvalue weighted by atomic mass is 19.1. The molecule has 0 aromatic heterocycles. The largest absolute Gasteiger partial charge is 0.326 e. The van der Waals surface area contributed by atoms with E-state index in [1.807, 2.05) is 0 Å². The van der Waals surface area contributed by atoms with Crippen LogP contribution in [-0.2, 0) is 11.3 Å². The van der Waals surface area contributed by atoms with Crippen LogP contribution >= 0.6 is 0 Å². The van der Waals surface area contributed by atoms with E-state index >= 15 is 0 Å². The number of hydrogen-bond acceptors (Lipinski definition) is 2. The van der Waals surface area contributed by atoms with Crippen molar-refractivity contribution in [3.63, 3.8) is 0 Å². The van der Waals surface area contributed by atoms with E-state index in [0.717, 1.165) is 5.56 Å². The lowest BCUT2D eigenvalue weighted by atomic mass is 10.1. The number of rotatable bonds is 1. The third-order valence-electron chi connectivity index (χ3n) is 1.56. The first-order valence-electron chi connectivity index (χ1n) is 3.71. The number of halogens is 1. The molecule has 0 radical (unpaired) electrons. The smallest absolute Gasteiger partial charge is 0.193 e. The van der Waals surface area contributed by atoms with E-state index in [9.17, 15) is 9.18 Å². The number of carbonyl (C=O) groups excluding carboxylic acids is 1. The van der Waals surface area contributed by atoms with Gasteiger partial charge in [0, 0.05) is 12.1 Å². The lowest BCUT2D eigenvalue weighted by Crippen LogP contribution is -1.99. The minimum atomic E-state index is -0.382. The second kappa shape index (κ2) is 4.39. The van der Waals surface area contributed by atoms with E-state index in [1.54, 1.807) is 6.07 Å². The standard InChI is InChI=1S/C10H8FNO/c11-10-4-3-9(7-12)8(6-10)2-1-5-13/h3-6H,7,12H2. The molecular weight excluding hydrogens is 169 g/mol.